The van der Waals surface area contributed by atoms with Crippen molar-refractivity contribution in [3.8, 4) is 0 Å². The van der Waals surface area contributed by atoms with Crippen molar-refractivity contribution in [2.75, 3.05) is 0 Å². The molecule has 1 rings (SSSR count). The lowest BCUT2D eigenvalue weighted by atomic mass is 10.1. The van der Waals surface area contributed by atoms with Gasteiger partial charge in [-0.05, 0) is 12.5 Å². The molecule has 1 aromatic rings. The molecular formula is C9H12N2O. The molecule has 3 nitrogen and oxygen atoms in total. The van der Waals surface area contributed by atoms with Gasteiger partial charge in [-0.1, -0.05) is 29.8 Å². The Morgan fingerprint density at radius 3 is 2.25 bits per heavy atom. The molecule has 1 aromatic carbocycles. The maximum atomic E-state index is 10.7. The molecule has 0 aliphatic rings. The maximum absolute atomic E-state index is 10.7. The third-order valence-electron chi connectivity index (χ3n) is 1.74. The molecule has 0 bridgehead atoms. The number of rotatable bonds is 2. The summed E-state index contributed by atoms with van der Waals surface area (Å²) in [6.45, 7) is 1.97. The fourth-order valence-corrected chi connectivity index (χ4v) is 0.938. The van der Waals surface area contributed by atoms with E-state index in [0.717, 1.165) is 11.1 Å². The van der Waals surface area contributed by atoms with Gasteiger partial charge in [0.15, 0.2) is 0 Å². The molecule has 0 unspecified atom stereocenters. The molecule has 0 aliphatic carbocycles. The number of amides is 1. The second kappa shape index (κ2) is 3.36. The van der Waals surface area contributed by atoms with Crippen LogP contribution in [-0.4, -0.2) is 5.91 Å². The minimum absolute atomic E-state index is 0.501. The van der Waals surface area contributed by atoms with Crippen LogP contribution in [0.2, 0.25) is 0 Å². The number of hydrogen-bond acceptors (Lipinski definition) is 2. The summed E-state index contributed by atoms with van der Waals surface area (Å²) in [5.74, 6) is -0.501. The third kappa shape index (κ3) is 1.83. The summed E-state index contributed by atoms with van der Waals surface area (Å²) in [6, 6.07) is 6.73. The lowest BCUT2D eigenvalue weighted by Gasteiger charge is -2.06. The molecule has 0 fully saturated rings. The van der Waals surface area contributed by atoms with Gasteiger partial charge >= 0.3 is 0 Å². The standard InChI is InChI=1S/C9H12N2O/c1-6-2-4-7(5-3-6)8(10)9(11)12/h2-5,8H,10H2,1H3,(H2,11,12)/t8-/m1/s1. The summed E-state index contributed by atoms with van der Waals surface area (Å²) in [4.78, 5) is 10.7. The van der Waals surface area contributed by atoms with E-state index in [2.05, 4.69) is 0 Å². The highest BCUT2D eigenvalue weighted by molar-refractivity contribution is 5.81. The Kier molecular flexibility index (Phi) is 2.45. The number of carbonyl (C=O) groups excluding carboxylic acids is 1. The molecule has 4 N–H and O–H groups in total. The number of carbonyl (C=O) groups is 1. The maximum Gasteiger partial charge on any atom is 0.238 e. The van der Waals surface area contributed by atoms with E-state index in [1.54, 1.807) is 0 Å². The van der Waals surface area contributed by atoms with E-state index in [1.807, 2.05) is 31.2 Å². The van der Waals surface area contributed by atoms with Gasteiger partial charge in [0.25, 0.3) is 0 Å². The van der Waals surface area contributed by atoms with Crippen LogP contribution in [0.15, 0.2) is 24.3 Å². The van der Waals surface area contributed by atoms with E-state index in [9.17, 15) is 4.79 Å². The minimum Gasteiger partial charge on any atom is -0.368 e. The predicted octanol–water partition coefficient (Wildman–Crippen LogP) is 0.480. The monoisotopic (exact) mass is 164 g/mol. The van der Waals surface area contributed by atoms with Crippen molar-refractivity contribution in [1.82, 2.24) is 0 Å². The highest BCUT2D eigenvalue weighted by Gasteiger charge is 2.10. The molecule has 0 saturated carbocycles. The fraction of sp³-hybridized carbons (Fsp3) is 0.222. The Morgan fingerprint density at radius 2 is 1.83 bits per heavy atom. The molecular weight excluding hydrogens is 152 g/mol. The molecule has 0 aliphatic heterocycles. The van der Waals surface area contributed by atoms with Crippen LogP contribution in [0.1, 0.15) is 17.2 Å². The third-order valence-corrected chi connectivity index (χ3v) is 1.74. The van der Waals surface area contributed by atoms with Gasteiger partial charge < -0.3 is 11.5 Å². The van der Waals surface area contributed by atoms with Crippen molar-refractivity contribution in [1.29, 1.82) is 0 Å². The molecule has 0 heterocycles. The first-order valence-electron chi connectivity index (χ1n) is 3.72. The number of benzene rings is 1. The normalized spacial score (nSPS) is 12.5. The second-order valence-corrected chi connectivity index (χ2v) is 2.79. The van der Waals surface area contributed by atoms with Gasteiger partial charge in [-0.2, -0.15) is 0 Å². The zero-order chi connectivity index (χ0) is 9.14. The summed E-state index contributed by atoms with van der Waals surface area (Å²) >= 11 is 0. The topological polar surface area (TPSA) is 69.1 Å². The van der Waals surface area contributed by atoms with Crippen LogP contribution in [0.5, 0.6) is 0 Å². The number of hydrogen-bond donors (Lipinski definition) is 2. The van der Waals surface area contributed by atoms with Crippen molar-refractivity contribution < 1.29 is 4.79 Å². The molecule has 3 heteroatoms. The second-order valence-electron chi connectivity index (χ2n) is 2.79. The van der Waals surface area contributed by atoms with Crippen LogP contribution in [0.25, 0.3) is 0 Å². The lowest BCUT2D eigenvalue weighted by molar-refractivity contribution is -0.119. The van der Waals surface area contributed by atoms with Gasteiger partial charge in [0, 0.05) is 0 Å². The Bertz CT molecular complexity index is 279. The number of nitrogens with two attached hydrogens (primary N) is 2. The lowest BCUT2D eigenvalue weighted by Crippen LogP contribution is -2.28. The van der Waals surface area contributed by atoms with Crippen LogP contribution in [0.3, 0.4) is 0 Å². The first-order valence-corrected chi connectivity index (χ1v) is 3.72. The fourth-order valence-electron chi connectivity index (χ4n) is 0.938. The summed E-state index contributed by atoms with van der Waals surface area (Å²) in [5, 5.41) is 0. The average Bonchev–Trinajstić information content (AvgIpc) is 2.04. The Morgan fingerprint density at radius 1 is 1.33 bits per heavy atom. The van der Waals surface area contributed by atoms with E-state index in [1.165, 1.54) is 0 Å². The van der Waals surface area contributed by atoms with Gasteiger partial charge in [-0.15, -0.1) is 0 Å². The van der Waals surface area contributed by atoms with Crippen molar-refractivity contribution in [3.05, 3.63) is 35.4 Å². The van der Waals surface area contributed by atoms with Crippen LogP contribution < -0.4 is 11.5 Å². The SMILES string of the molecule is Cc1ccc([C@@H](N)C(N)=O)cc1. The van der Waals surface area contributed by atoms with Crippen molar-refractivity contribution in [3.63, 3.8) is 0 Å². The molecule has 64 valence electrons. The van der Waals surface area contributed by atoms with E-state index in [-0.39, 0.29) is 0 Å². The van der Waals surface area contributed by atoms with E-state index in [4.69, 9.17) is 11.5 Å². The summed E-state index contributed by atoms with van der Waals surface area (Å²) in [5.41, 5.74) is 12.4. The Labute approximate surface area is 71.4 Å². The first kappa shape index (κ1) is 8.74. The van der Waals surface area contributed by atoms with Crippen molar-refractivity contribution in [2.45, 2.75) is 13.0 Å². The molecule has 1 amide bonds. The molecule has 0 radical (unpaired) electrons. The van der Waals surface area contributed by atoms with Gasteiger partial charge in [0.05, 0.1) is 0 Å². The van der Waals surface area contributed by atoms with E-state index < -0.39 is 11.9 Å². The molecule has 0 spiro atoms. The van der Waals surface area contributed by atoms with Crippen LogP contribution >= 0.6 is 0 Å². The van der Waals surface area contributed by atoms with E-state index in [0.29, 0.717) is 0 Å². The van der Waals surface area contributed by atoms with Gasteiger partial charge in [0.2, 0.25) is 5.91 Å². The van der Waals surface area contributed by atoms with Crippen LogP contribution in [0, 0.1) is 6.92 Å². The molecule has 0 saturated heterocycles. The Balaban J connectivity index is 2.89. The molecule has 1 atom stereocenters. The number of primary amides is 1. The van der Waals surface area contributed by atoms with Gasteiger partial charge in [-0.3, -0.25) is 4.79 Å². The largest absolute Gasteiger partial charge is 0.368 e. The summed E-state index contributed by atoms with van der Waals surface area (Å²) in [6.07, 6.45) is 0. The molecule has 0 aromatic heterocycles. The quantitative estimate of drug-likeness (QED) is 0.667. The molecule has 12 heavy (non-hydrogen) atoms. The number of aryl methyl sites for hydroxylation is 1. The Hall–Kier alpha value is -1.35. The smallest absolute Gasteiger partial charge is 0.238 e. The van der Waals surface area contributed by atoms with Crippen LogP contribution in [0.4, 0.5) is 0 Å². The van der Waals surface area contributed by atoms with Gasteiger partial charge in [-0.25, -0.2) is 0 Å². The van der Waals surface area contributed by atoms with Crippen LogP contribution in [-0.2, 0) is 4.79 Å². The summed E-state index contributed by atoms with van der Waals surface area (Å²) < 4.78 is 0. The zero-order valence-electron chi connectivity index (χ0n) is 6.95. The van der Waals surface area contributed by atoms with Crippen molar-refractivity contribution >= 4 is 5.91 Å². The van der Waals surface area contributed by atoms with E-state index >= 15 is 0 Å². The predicted molar refractivity (Wildman–Crippen MR) is 47.3 cm³/mol. The first-order chi connectivity index (χ1) is 5.61. The average molecular weight is 164 g/mol. The zero-order valence-corrected chi connectivity index (χ0v) is 6.95. The minimum atomic E-state index is -0.689. The van der Waals surface area contributed by atoms with Gasteiger partial charge in [0.1, 0.15) is 6.04 Å². The highest BCUT2D eigenvalue weighted by atomic mass is 16.1. The summed E-state index contributed by atoms with van der Waals surface area (Å²) in [7, 11) is 0. The van der Waals surface area contributed by atoms with Crippen molar-refractivity contribution in [2.24, 2.45) is 11.5 Å². The highest BCUT2D eigenvalue weighted by Crippen LogP contribution is 2.10.